The van der Waals surface area contributed by atoms with E-state index < -0.39 is 11.9 Å². The number of aromatic nitrogens is 1. The molecule has 0 saturated heterocycles. The number of halogens is 1. The second-order valence-electron chi connectivity index (χ2n) is 4.55. The molecule has 0 spiro atoms. The van der Waals surface area contributed by atoms with Gasteiger partial charge in [-0.3, -0.25) is 4.79 Å². The lowest BCUT2D eigenvalue weighted by Gasteiger charge is -2.12. The zero-order valence-electron chi connectivity index (χ0n) is 11.2. The van der Waals surface area contributed by atoms with Crippen molar-refractivity contribution in [2.75, 3.05) is 0 Å². The van der Waals surface area contributed by atoms with E-state index >= 15 is 0 Å². The second-order valence-corrected chi connectivity index (χ2v) is 5.41. The van der Waals surface area contributed by atoms with E-state index in [-0.39, 0.29) is 22.6 Å². The Labute approximate surface area is 124 Å². The van der Waals surface area contributed by atoms with Crippen molar-refractivity contribution in [2.45, 2.75) is 19.4 Å². The number of aromatic carboxylic acids is 1. The zero-order chi connectivity index (χ0) is 15.4. The van der Waals surface area contributed by atoms with Crippen LogP contribution in [-0.2, 0) is 6.42 Å². The van der Waals surface area contributed by atoms with Crippen molar-refractivity contribution in [2.24, 2.45) is 0 Å². The van der Waals surface area contributed by atoms with E-state index in [1.165, 1.54) is 17.5 Å². The Balaban J connectivity index is 1.95. The number of nitrogens with one attached hydrogen (secondary N) is 1. The number of thiazole rings is 1. The summed E-state index contributed by atoms with van der Waals surface area (Å²) in [6.07, 6.45) is 0.545. The van der Waals surface area contributed by atoms with Crippen LogP contribution in [0.3, 0.4) is 0 Å². The monoisotopic (exact) mass is 308 g/mol. The van der Waals surface area contributed by atoms with Crippen molar-refractivity contribution >= 4 is 23.2 Å². The maximum absolute atomic E-state index is 12.8. The van der Waals surface area contributed by atoms with Gasteiger partial charge in [-0.15, -0.1) is 11.3 Å². The molecule has 1 aromatic carbocycles. The highest BCUT2D eigenvalue weighted by atomic mass is 32.1. The molecule has 2 aromatic rings. The lowest BCUT2D eigenvalue weighted by Crippen LogP contribution is -2.34. The Morgan fingerprint density at radius 3 is 2.62 bits per heavy atom. The molecule has 0 saturated carbocycles. The fraction of sp³-hybridized carbons (Fsp3) is 0.214. The SMILES string of the molecule is CC(Cc1ccc(F)cc1)NC(=O)c1nc(C(=O)O)cs1. The lowest BCUT2D eigenvalue weighted by molar-refractivity contribution is 0.0691. The molecule has 2 N–H and O–H groups in total. The average Bonchev–Trinajstić information content (AvgIpc) is 2.91. The number of hydrogen-bond acceptors (Lipinski definition) is 4. The van der Waals surface area contributed by atoms with Crippen LogP contribution < -0.4 is 5.32 Å². The minimum Gasteiger partial charge on any atom is -0.476 e. The van der Waals surface area contributed by atoms with E-state index in [1.54, 1.807) is 12.1 Å². The molecule has 0 radical (unpaired) electrons. The zero-order valence-corrected chi connectivity index (χ0v) is 12.0. The first-order valence-electron chi connectivity index (χ1n) is 6.20. The molecular formula is C14H13FN2O3S. The minimum absolute atomic E-state index is 0.110. The molecule has 2 rings (SSSR count). The summed E-state index contributed by atoms with van der Waals surface area (Å²) in [5.74, 6) is -1.88. The second kappa shape index (κ2) is 6.45. The first-order chi connectivity index (χ1) is 9.95. The van der Waals surface area contributed by atoms with Crippen LogP contribution >= 0.6 is 11.3 Å². The molecule has 1 amide bonds. The van der Waals surface area contributed by atoms with Gasteiger partial charge in [0.05, 0.1) is 0 Å². The fourth-order valence-corrected chi connectivity index (χ4v) is 2.48. The molecular weight excluding hydrogens is 295 g/mol. The van der Waals surface area contributed by atoms with Gasteiger partial charge in [0.1, 0.15) is 5.82 Å². The fourth-order valence-electron chi connectivity index (χ4n) is 1.79. The third kappa shape index (κ3) is 4.09. The number of nitrogens with zero attached hydrogens (tertiary/aromatic N) is 1. The van der Waals surface area contributed by atoms with Gasteiger partial charge < -0.3 is 10.4 Å². The molecule has 1 unspecified atom stereocenters. The number of carboxylic acid groups (broad SMARTS) is 1. The van der Waals surface area contributed by atoms with Crippen molar-refractivity contribution < 1.29 is 19.1 Å². The third-order valence-corrected chi connectivity index (χ3v) is 3.59. The number of amides is 1. The Hall–Kier alpha value is -2.28. The van der Waals surface area contributed by atoms with Gasteiger partial charge in [0.2, 0.25) is 0 Å². The summed E-state index contributed by atoms with van der Waals surface area (Å²) >= 11 is 0.983. The van der Waals surface area contributed by atoms with E-state index in [1.807, 2.05) is 6.92 Å². The smallest absolute Gasteiger partial charge is 0.355 e. The minimum atomic E-state index is -1.16. The number of benzene rings is 1. The van der Waals surface area contributed by atoms with E-state index in [2.05, 4.69) is 10.3 Å². The van der Waals surface area contributed by atoms with Gasteiger partial charge in [0.15, 0.2) is 10.7 Å². The molecule has 0 aliphatic heterocycles. The highest BCUT2D eigenvalue weighted by Gasteiger charge is 2.16. The molecule has 1 heterocycles. The van der Waals surface area contributed by atoms with E-state index in [4.69, 9.17) is 5.11 Å². The number of carbonyl (C=O) groups excluding carboxylic acids is 1. The van der Waals surface area contributed by atoms with Crippen LogP contribution in [0, 0.1) is 5.82 Å². The van der Waals surface area contributed by atoms with Crippen LogP contribution in [0.4, 0.5) is 4.39 Å². The molecule has 0 bridgehead atoms. The largest absolute Gasteiger partial charge is 0.476 e. The molecule has 21 heavy (non-hydrogen) atoms. The normalized spacial score (nSPS) is 11.9. The number of hydrogen-bond donors (Lipinski definition) is 2. The average molecular weight is 308 g/mol. The third-order valence-electron chi connectivity index (χ3n) is 2.75. The van der Waals surface area contributed by atoms with Crippen molar-refractivity contribution in [3.05, 3.63) is 51.7 Å². The van der Waals surface area contributed by atoms with Gasteiger partial charge in [-0.05, 0) is 31.0 Å². The standard InChI is InChI=1S/C14H13FN2O3S/c1-8(6-9-2-4-10(15)5-3-9)16-12(18)13-17-11(7-21-13)14(19)20/h2-5,7-8H,6H2,1H3,(H,16,18)(H,19,20). The van der Waals surface area contributed by atoms with Crippen molar-refractivity contribution in [1.82, 2.24) is 10.3 Å². The van der Waals surface area contributed by atoms with Crippen LogP contribution in [-0.4, -0.2) is 28.0 Å². The summed E-state index contributed by atoms with van der Waals surface area (Å²) in [5, 5.41) is 12.9. The lowest BCUT2D eigenvalue weighted by atomic mass is 10.1. The molecule has 1 aromatic heterocycles. The molecule has 7 heteroatoms. The molecule has 1 atom stereocenters. The molecule has 0 aliphatic carbocycles. The Kier molecular flexibility index (Phi) is 4.64. The van der Waals surface area contributed by atoms with Gasteiger partial charge in [-0.1, -0.05) is 12.1 Å². The van der Waals surface area contributed by atoms with E-state index in [0.29, 0.717) is 6.42 Å². The van der Waals surface area contributed by atoms with E-state index in [0.717, 1.165) is 16.9 Å². The summed E-state index contributed by atoms with van der Waals surface area (Å²) in [6, 6.07) is 5.86. The van der Waals surface area contributed by atoms with Crippen LogP contribution in [0.5, 0.6) is 0 Å². The Bertz CT molecular complexity index is 654. The number of rotatable bonds is 5. The highest BCUT2D eigenvalue weighted by Crippen LogP contribution is 2.11. The maximum atomic E-state index is 12.8. The number of carbonyl (C=O) groups is 2. The first-order valence-corrected chi connectivity index (χ1v) is 7.08. The predicted octanol–water partition coefficient (Wildman–Crippen LogP) is 2.34. The summed E-state index contributed by atoms with van der Waals surface area (Å²) in [6.45, 7) is 1.81. The predicted molar refractivity (Wildman–Crippen MR) is 76.1 cm³/mol. The highest BCUT2D eigenvalue weighted by molar-refractivity contribution is 7.11. The van der Waals surface area contributed by atoms with Gasteiger partial charge in [-0.25, -0.2) is 14.2 Å². The van der Waals surface area contributed by atoms with Gasteiger partial charge in [0, 0.05) is 11.4 Å². The Morgan fingerprint density at radius 2 is 2.05 bits per heavy atom. The number of carboxylic acids is 1. The topological polar surface area (TPSA) is 79.3 Å². The quantitative estimate of drug-likeness (QED) is 0.888. The van der Waals surface area contributed by atoms with Crippen LogP contribution in [0.15, 0.2) is 29.6 Å². The summed E-state index contributed by atoms with van der Waals surface area (Å²) in [4.78, 5) is 26.4. The van der Waals surface area contributed by atoms with Crippen LogP contribution in [0.25, 0.3) is 0 Å². The molecule has 0 fully saturated rings. The van der Waals surface area contributed by atoms with E-state index in [9.17, 15) is 14.0 Å². The molecule has 5 nitrogen and oxygen atoms in total. The van der Waals surface area contributed by atoms with Crippen molar-refractivity contribution in [3.63, 3.8) is 0 Å². The molecule has 110 valence electrons. The first kappa shape index (κ1) is 15.1. The maximum Gasteiger partial charge on any atom is 0.355 e. The van der Waals surface area contributed by atoms with Gasteiger partial charge in [0.25, 0.3) is 5.91 Å². The Morgan fingerprint density at radius 1 is 1.38 bits per heavy atom. The van der Waals surface area contributed by atoms with Gasteiger partial charge in [-0.2, -0.15) is 0 Å². The summed E-state index contributed by atoms with van der Waals surface area (Å²) < 4.78 is 12.8. The van der Waals surface area contributed by atoms with Crippen LogP contribution in [0.2, 0.25) is 0 Å². The van der Waals surface area contributed by atoms with Crippen molar-refractivity contribution in [3.8, 4) is 0 Å². The summed E-state index contributed by atoms with van der Waals surface area (Å²) in [5.41, 5.74) is 0.755. The van der Waals surface area contributed by atoms with Gasteiger partial charge >= 0.3 is 5.97 Å². The summed E-state index contributed by atoms with van der Waals surface area (Å²) in [7, 11) is 0. The van der Waals surface area contributed by atoms with Crippen LogP contribution in [0.1, 0.15) is 32.8 Å². The van der Waals surface area contributed by atoms with Crippen molar-refractivity contribution in [1.29, 1.82) is 0 Å². The molecule has 0 aliphatic rings.